The fourth-order valence-corrected chi connectivity index (χ4v) is 3.69. The summed E-state index contributed by atoms with van der Waals surface area (Å²) in [6.45, 7) is 6.51. The van der Waals surface area contributed by atoms with E-state index in [-0.39, 0.29) is 0 Å². The number of nitrogens with one attached hydrogen (secondary N) is 1. The van der Waals surface area contributed by atoms with Crippen LogP contribution in [0, 0.1) is 0 Å². The molecule has 2 aromatic rings. The van der Waals surface area contributed by atoms with E-state index in [9.17, 15) is 0 Å². The summed E-state index contributed by atoms with van der Waals surface area (Å²) < 4.78 is 0. The van der Waals surface area contributed by atoms with Crippen LogP contribution in [0.5, 0.6) is 0 Å². The molecule has 0 bridgehead atoms. The first kappa shape index (κ1) is 17.0. The summed E-state index contributed by atoms with van der Waals surface area (Å²) in [4.78, 5) is 14.1. The van der Waals surface area contributed by atoms with Gasteiger partial charge in [-0.05, 0) is 43.1 Å². The first-order chi connectivity index (χ1) is 12.9. The molecular weight excluding hydrogens is 322 g/mol. The number of benzene rings is 1. The fourth-order valence-electron chi connectivity index (χ4n) is 3.69. The first-order valence-corrected chi connectivity index (χ1v) is 9.66. The minimum Gasteiger partial charge on any atom is -0.373 e. The number of aromatic nitrogens is 1. The van der Waals surface area contributed by atoms with Gasteiger partial charge in [0.1, 0.15) is 11.7 Å². The van der Waals surface area contributed by atoms with Crippen LogP contribution in [0.4, 0.5) is 11.5 Å². The first-order valence-electron chi connectivity index (χ1n) is 9.66. The van der Waals surface area contributed by atoms with Crippen molar-refractivity contribution in [2.45, 2.75) is 19.3 Å². The SMILES string of the molecule is c1ccc(N2CCN(CCCNC3=Nc4ccccc4CC3)CC2)nc1. The Balaban J connectivity index is 1.17. The second-order valence-electron chi connectivity index (χ2n) is 6.98. The maximum atomic E-state index is 4.75. The van der Waals surface area contributed by atoms with Crippen molar-refractivity contribution in [1.82, 2.24) is 15.2 Å². The number of fused-ring (bicyclic) bond motifs is 1. The maximum absolute atomic E-state index is 4.75. The number of anilines is 1. The summed E-state index contributed by atoms with van der Waals surface area (Å²) in [5.74, 6) is 2.24. The highest BCUT2D eigenvalue weighted by Crippen LogP contribution is 2.24. The molecule has 26 heavy (non-hydrogen) atoms. The van der Waals surface area contributed by atoms with E-state index in [1.165, 1.54) is 5.56 Å². The third-order valence-corrected chi connectivity index (χ3v) is 5.20. The van der Waals surface area contributed by atoms with Crippen LogP contribution in [0.15, 0.2) is 53.7 Å². The number of para-hydroxylation sites is 1. The highest BCUT2D eigenvalue weighted by Gasteiger charge is 2.17. The Hall–Kier alpha value is -2.40. The minimum absolute atomic E-state index is 1.00. The van der Waals surface area contributed by atoms with Crippen molar-refractivity contribution in [1.29, 1.82) is 0 Å². The van der Waals surface area contributed by atoms with Gasteiger partial charge in [-0.1, -0.05) is 24.3 Å². The molecule has 1 N–H and O–H groups in total. The van der Waals surface area contributed by atoms with E-state index in [1.54, 1.807) is 0 Å². The third-order valence-electron chi connectivity index (χ3n) is 5.20. The standard InChI is InChI=1S/C21H27N5/c1-2-7-19-18(6-1)9-10-20(24-19)22-12-5-13-25-14-16-26(17-15-25)21-8-3-4-11-23-21/h1-4,6-8,11H,5,9-10,12-17H2,(H,22,24). The lowest BCUT2D eigenvalue weighted by Crippen LogP contribution is -2.47. The van der Waals surface area contributed by atoms with Crippen molar-refractivity contribution in [3.8, 4) is 0 Å². The predicted molar refractivity (Wildman–Crippen MR) is 107 cm³/mol. The summed E-state index contributed by atoms with van der Waals surface area (Å²) >= 11 is 0. The Morgan fingerprint density at radius 2 is 1.77 bits per heavy atom. The van der Waals surface area contributed by atoms with E-state index in [0.717, 1.165) is 75.9 Å². The van der Waals surface area contributed by atoms with Gasteiger partial charge in [-0.3, -0.25) is 4.90 Å². The van der Waals surface area contributed by atoms with Crippen molar-refractivity contribution in [3.05, 3.63) is 54.2 Å². The Kier molecular flexibility index (Phi) is 5.45. The Labute approximate surface area is 155 Å². The van der Waals surface area contributed by atoms with Crippen LogP contribution in [0.2, 0.25) is 0 Å². The molecule has 0 spiro atoms. The van der Waals surface area contributed by atoms with Crippen LogP contribution >= 0.6 is 0 Å². The molecule has 5 heteroatoms. The number of rotatable bonds is 5. The van der Waals surface area contributed by atoms with Crippen molar-refractivity contribution in [2.24, 2.45) is 4.99 Å². The van der Waals surface area contributed by atoms with Gasteiger partial charge < -0.3 is 10.2 Å². The lowest BCUT2D eigenvalue weighted by molar-refractivity contribution is 0.255. The number of piperazine rings is 1. The maximum Gasteiger partial charge on any atom is 0.128 e. The molecule has 3 heterocycles. The van der Waals surface area contributed by atoms with E-state index in [1.807, 2.05) is 12.3 Å². The Morgan fingerprint density at radius 3 is 2.62 bits per heavy atom. The quantitative estimate of drug-likeness (QED) is 0.843. The van der Waals surface area contributed by atoms with Gasteiger partial charge in [0.15, 0.2) is 0 Å². The number of hydrogen-bond acceptors (Lipinski definition) is 5. The van der Waals surface area contributed by atoms with Crippen molar-refractivity contribution >= 4 is 17.3 Å². The molecule has 0 amide bonds. The van der Waals surface area contributed by atoms with E-state index < -0.39 is 0 Å². The van der Waals surface area contributed by atoms with Gasteiger partial charge in [0.2, 0.25) is 0 Å². The molecule has 2 aliphatic rings. The zero-order valence-corrected chi connectivity index (χ0v) is 15.3. The number of aryl methyl sites for hydroxylation is 1. The van der Waals surface area contributed by atoms with E-state index in [2.05, 4.69) is 56.5 Å². The predicted octanol–water partition coefficient (Wildman–Crippen LogP) is 2.86. The van der Waals surface area contributed by atoms with Crippen molar-refractivity contribution in [3.63, 3.8) is 0 Å². The highest BCUT2D eigenvalue weighted by atomic mass is 15.3. The van der Waals surface area contributed by atoms with Gasteiger partial charge in [0, 0.05) is 45.3 Å². The molecule has 1 saturated heterocycles. The van der Waals surface area contributed by atoms with Gasteiger partial charge >= 0.3 is 0 Å². The number of amidine groups is 1. The van der Waals surface area contributed by atoms with E-state index >= 15 is 0 Å². The largest absolute Gasteiger partial charge is 0.373 e. The molecule has 1 fully saturated rings. The normalized spacial score (nSPS) is 17.5. The summed E-state index contributed by atoms with van der Waals surface area (Å²) in [6, 6.07) is 14.6. The lowest BCUT2D eigenvalue weighted by atomic mass is 10.0. The summed E-state index contributed by atoms with van der Waals surface area (Å²) in [6.07, 6.45) is 5.15. The molecule has 0 aliphatic carbocycles. The smallest absolute Gasteiger partial charge is 0.128 e. The van der Waals surface area contributed by atoms with Gasteiger partial charge in [0.05, 0.1) is 5.69 Å². The molecule has 2 aliphatic heterocycles. The molecule has 0 radical (unpaired) electrons. The molecule has 0 unspecified atom stereocenters. The zero-order valence-electron chi connectivity index (χ0n) is 15.3. The highest BCUT2D eigenvalue weighted by molar-refractivity contribution is 5.87. The molecule has 136 valence electrons. The molecule has 0 atom stereocenters. The van der Waals surface area contributed by atoms with Crippen LogP contribution in [0.1, 0.15) is 18.4 Å². The average Bonchev–Trinajstić information content (AvgIpc) is 2.72. The fraction of sp³-hybridized carbons (Fsp3) is 0.429. The van der Waals surface area contributed by atoms with Crippen LogP contribution in [-0.4, -0.2) is 55.0 Å². The molecule has 1 aromatic heterocycles. The van der Waals surface area contributed by atoms with Crippen molar-refractivity contribution < 1.29 is 0 Å². The third kappa shape index (κ3) is 4.22. The van der Waals surface area contributed by atoms with Gasteiger partial charge in [-0.15, -0.1) is 0 Å². The number of hydrogen-bond donors (Lipinski definition) is 1. The Morgan fingerprint density at radius 1 is 0.923 bits per heavy atom. The van der Waals surface area contributed by atoms with E-state index in [0.29, 0.717) is 0 Å². The van der Waals surface area contributed by atoms with Gasteiger partial charge in [-0.2, -0.15) is 0 Å². The number of nitrogens with zero attached hydrogens (tertiary/aromatic N) is 4. The summed E-state index contributed by atoms with van der Waals surface area (Å²) in [7, 11) is 0. The molecule has 1 aromatic carbocycles. The van der Waals surface area contributed by atoms with Crippen molar-refractivity contribution in [2.75, 3.05) is 44.2 Å². The van der Waals surface area contributed by atoms with Crippen LogP contribution in [0.25, 0.3) is 0 Å². The second-order valence-corrected chi connectivity index (χ2v) is 6.98. The zero-order chi connectivity index (χ0) is 17.6. The summed E-state index contributed by atoms with van der Waals surface area (Å²) in [5.41, 5.74) is 2.50. The minimum atomic E-state index is 1.00. The lowest BCUT2D eigenvalue weighted by Gasteiger charge is -2.35. The number of aliphatic imine (C=N–C) groups is 1. The number of pyridine rings is 1. The average molecular weight is 349 g/mol. The molecule has 4 rings (SSSR count). The molecule has 0 saturated carbocycles. The van der Waals surface area contributed by atoms with Gasteiger partial charge in [0.25, 0.3) is 0 Å². The molecular formula is C21H27N5. The Bertz CT molecular complexity index is 735. The summed E-state index contributed by atoms with van der Waals surface area (Å²) in [5, 5.41) is 3.54. The van der Waals surface area contributed by atoms with Crippen LogP contribution < -0.4 is 10.2 Å². The molecule has 5 nitrogen and oxygen atoms in total. The monoisotopic (exact) mass is 349 g/mol. The topological polar surface area (TPSA) is 43.8 Å². The van der Waals surface area contributed by atoms with Crippen LogP contribution in [-0.2, 0) is 6.42 Å². The second kappa shape index (κ2) is 8.32. The van der Waals surface area contributed by atoms with E-state index in [4.69, 9.17) is 4.99 Å². The van der Waals surface area contributed by atoms with Gasteiger partial charge in [-0.25, -0.2) is 9.98 Å². The van der Waals surface area contributed by atoms with Crippen LogP contribution in [0.3, 0.4) is 0 Å².